The first-order chi connectivity index (χ1) is 17.6. The van der Waals surface area contributed by atoms with Gasteiger partial charge in [-0.05, 0) is 19.0 Å². The molecule has 0 saturated carbocycles. The number of para-hydroxylation sites is 2. The molecule has 3 atom stereocenters. The van der Waals surface area contributed by atoms with Crippen molar-refractivity contribution >= 4 is 54.4 Å². The molecular weight excluding hydrogens is 418 g/mol. The van der Waals surface area contributed by atoms with Crippen LogP contribution in [0.15, 0.2) is 54.6 Å². The molecule has 164 valence electrons. The topological polar surface area (TPSA) is 95.6 Å². The van der Waals surface area contributed by atoms with Crippen LogP contribution >= 0.6 is 0 Å². The van der Waals surface area contributed by atoms with Crippen LogP contribution in [0.1, 0.15) is 25.1 Å². The fourth-order valence-corrected chi connectivity index (χ4v) is 6.34. The minimum absolute atomic E-state index is 0.00773. The summed E-state index contributed by atoms with van der Waals surface area (Å²) in [5.74, 6) is -0.103. The number of benzene rings is 3. The number of nitrogens with one attached hydrogen (secondary N) is 1. The fourth-order valence-electron chi connectivity index (χ4n) is 6.34. The second-order valence-corrected chi connectivity index (χ2v) is 9.27. The first kappa shape index (κ1) is 14.6. The molecule has 8 rings (SSSR count). The molecule has 2 bridgehead atoms. The van der Waals surface area contributed by atoms with Crippen molar-refractivity contribution in [2.45, 2.75) is 30.9 Å². The molecule has 5 heterocycles. The van der Waals surface area contributed by atoms with Crippen molar-refractivity contribution in [2.75, 3.05) is 6.61 Å². The lowest BCUT2D eigenvalue weighted by atomic mass is 9.90. The first-order valence-electron chi connectivity index (χ1n) is 12.8. The third-order valence-electron chi connectivity index (χ3n) is 7.83. The number of hydrogen-bond donors (Lipinski definition) is 4. The van der Waals surface area contributed by atoms with E-state index >= 15 is 0 Å². The van der Waals surface area contributed by atoms with Gasteiger partial charge in [-0.15, -0.1) is 0 Å². The van der Waals surface area contributed by atoms with Crippen LogP contribution in [-0.4, -0.2) is 41.6 Å². The number of aromatic nitrogens is 3. The molecule has 0 unspecified atom stereocenters. The van der Waals surface area contributed by atoms with E-state index in [2.05, 4.69) is 4.98 Å². The molecule has 1 fully saturated rings. The molecule has 4 N–H and O–H groups in total. The Kier molecular flexibility index (Phi) is 2.36. The molecule has 2 aliphatic rings. The van der Waals surface area contributed by atoms with Crippen LogP contribution in [0.5, 0.6) is 5.88 Å². The van der Waals surface area contributed by atoms with Crippen molar-refractivity contribution < 1.29 is 25.5 Å². The standard InChI is InChI=1S/C26H21N3O4/c1-25-26(32,12-30)10-18(33-25)28-16-8-4-2-6-13(16)20-21-15(11-27-24(21)31)19-14-7-3-5-9-17(14)29(25)23(19)22(20)28/h2-9,11,18,27,30-32H,10,12H2,1H3/t18-,25+,26+/m1/s1/i2D,4D,6D,8D. The van der Waals surface area contributed by atoms with Crippen molar-refractivity contribution in [3.63, 3.8) is 0 Å². The molecule has 0 aliphatic carbocycles. The first-order valence-corrected chi connectivity index (χ1v) is 10.8. The van der Waals surface area contributed by atoms with E-state index in [1.165, 1.54) is 0 Å². The normalized spacial score (nSPS) is 28.3. The second-order valence-electron chi connectivity index (χ2n) is 9.27. The maximum atomic E-state index is 11.8. The largest absolute Gasteiger partial charge is 0.494 e. The number of rotatable bonds is 1. The van der Waals surface area contributed by atoms with Crippen LogP contribution in [-0.2, 0) is 10.5 Å². The van der Waals surface area contributed by atoms with Gasteiger partial charge in [0.25, 0.3) is 0 Å². The Bertz CT molecular complexity index is 2040. The molecule has 2 aliphatic heterocycles. The van der Waals surface area contributed by atoms with Crippen LogP contribution < -0.4 is 0 Å². The summed E-state index contributed by atoms with van der Waals surface area (Å²) in [7, 11) is 0. The van der Waals surface area contributed by atoms with Crippen molar-refractivity contribution in [2.24, 2.45) is 0 Å². The van der Waals surface area contributed by atoms with Gasteiger partial charge in [0.2, 0.25) is 0 Å². The Morgan fingerprint density at radius 3 is 2.76 bits per heavy atom. The van der Waals surface area contributed by atoms with Gasteiger partial charge in [-0.2, -0.15) is 0 Å². The molecule has 0 amide bonds. The van der Waals surface area contributed by atoms with Gasteiger partial charge in [0.15, 0.2) is 11.6 Å². The minimum atomic E-state index is -1.69. The second kappa shape index (κ2) is 5.34. The van der Waals surface area contributed by atoms with Gasteiger partial charge in [0.1, 0.15) is 11.8 Å². The molecule has 7 nitrogen and oxygen atoms in total. The summed E-state index contributed by atoms with van der Waals surface area (Å²) in [6.45, 7) is 1.17. The highest BCUT2D eigenvalue weighted by Gasteiger charge is 2.60. The molecule has 0 radical (unpaired) electrons. The van der Waals surface area contributed by atoms with Gasteiger partial charge in [0.05, 0.1) is 39.5 Å². The predicted octanol–water partition coefficient (Wildman–Crippen LogP) is 4.42. The lowest BCUT2D eigenvalue weighted by Gasteiger charge is -2.38. The van der Waals surface area contributed by atoms with Gasteiger partial charge in [-0.1, -0.05) is 36.3 Å². The molecule has 7 heteroatoms. The third kappa shape index (κ3) is 1.73. The Morgan fingerprint density at radius 1 is 1.09 bits per heavy atom. The third-order valence-corrected chi connectivity index (χ3v) is 7.83. The van der Waals surface area contributed by atoms with E-state index in [4.69, 9.17) is 10.2 Å². The lowest BCUT2D eigenvalue weighted by molar-refractivity contribution is -0.189. The Labute approximate surface area is 192 Å². The monoisotopic (exact) mass is 443 g/mol. The van der Waals surface area contributed by atoms with Crippen LogP contribution in [0.25, 0.3) is 54.4 Å². The molecule has 0 spiro atoms. The molecular formula is C26H21N3O4. The summed E-state index contributed by atoms with van der Waals surface area (Å²) in [6.07, 6.45) is 0.837. The van der Waals surface area contributed by atoms with Crippen molar-refractivity contribution in [3.8, 4) is 5.88 Å². The maximum absolute atomic E-state index is 11.8. The Balaban J connectivity index is 1.83. The van der Waals surface area contributed by atoms with Crippen LogP contribution in [0, 0.1) is 0 Å². The summed E-state index contributed by atoms with van der Waals surface area (Å²) in [5.41, 5.74) is -0.864. The summed E-state index contributed by atoms with van der Waals surface area (Å²) >= 11 is 0. The van der Waals surface area contributed by atoms with Gasteiger partial charge < -0.3 is 34.2 Å². The van der Waals surface area contributed by atoms with E-state index in [1.54, 1.807) is 17.7 Å². The van der Waals surface area contributed by atoms with Crippen molar-refractivity contribution in [1.29, 1.82) is 0 Å². The highest BCUT2D eigenvalue weighted by atomic mass is 16.6. The average Bonchev–Trinajstić information content (AvgIpc) is 3.58. The van der Waals surface area contributed by atoms with Crippen molar-refractivity contribution in [3.05, 3.63) is 54.6 Å². The van der Waals surface area contributed by atoms with E-state index < -0.39 is 24.2 Å². The number of ether oxygens (including phenoxy) is 1. The Hall–Kier alpha value is -3.52. The maximum Gasteiger partial charge on any atom is 0.197 e. The number of fused-ring (bicyclic) bond motifs is 13. The number of aromatic amines is 1. The molecule has 3 aromatic heterocycles. The fraction of sp³-hybridized carbons (Fsp3) is 0.231. The minimum Gasteiger partial charge on any atom is -0.494 e. The van der Waals surface area contributed by atoms with Gasteiger partial charge >= 0.3 is 0 Å². The van der Waals surface area contributed by atoms with Gasteiger partial charge in [0, 0.05) is 39.5 Å². The van der Waals surface area contributed by atoms with Crippen LogP contribution in [0.4, 0.5) is 0 Å². The van der Waals surface area contributed by atoms with Gasteiger partial charge in [-0.3, -0.25) is 0 Å². The van der Waals surface area contributed by atoms with Gasteiger partial charge in [-0.25, -0.2) is 0 Å². The summed E-state index contributed by atoms with van der Waals surface area (Å²) in [6, 6.07) is 6.42. The number of H-pyrrole nitrogens is 1. The van der Waals surface area contributed by atoms with E-state index in [1.807, 2.05) is 28.8 Å². The zero-order valence-electron chi connectivity index (χ0n) is 21.5. The molecule has 3 aromatic carbocycles. The molecule has 6 aromatic rings. The molecule has 33 heavy (non-hydrogen) atoms. The highest BCUT2D eigenvalue weighted by Crippen LogP contribution is 2.57. The van der Waals surface area contributed by atoms with Crippen LogP contribution in [0.3, 0.4) is 0 Å². The highest BCUT2D eigenvalue weighted by molar-refractivity contribution is 6.37. The number of nitrogens with zero attached hydrogens (tertiary/aromatic N) is 2. The smallest absolute Gasteiger partial charge is 0.197 e. The van der Waals surface area contributed by atoms with Crippen molar-refractivity contribution in [1.82, 2.24) is 14.1 Å². The van der Waals surface area contributed by atoms with E-state index in [0.29, 0.717) is 27.2 Å². The number of aliphatic hydroxyl groups excluding tert-OH is 1. The molecule has 1 saturated heterocycles. The van der Waals surface area contributed by atoms with E-state index in [9.17, 15) is 15.3 Å². The average molecular weight is 443 g/mol. The zero-order valence-corrected chi connectivity index (χ0v) is 17.5. The zero-order chi connectivity index (χ0) is 25.8. The number of hydrogen-bond acceptors (Lipinski definition) is 4. The summed E-state index contributed by atoms with van der Waals surface area (Å²) < 4.78 is 44.7. The summed E-state index contributed by atoms with van der Waals surface area (Å²) in [5, 5.41) is 36.8. The summed E-state index contributed by atoms with van der Waals surface area (Å²) in [4.78, 5) is 2.90. The number of aromatic hydroxyl groups is 1. The van der Waals surface area contributed by atoms with Crippen LogP contribution in [0.2, 0.25) is 0 Å². The number of aliphatic hydroxyl groups is 2. The van der Waals surface area contributed by atoms with E-state index in [0.717, 1.165) is 16.3 Å². The van der Waals surface area contributed by atoms with E-state index in [-0.39, 0.29) is 47.4 Å². The Morgan fingerprint density at radius 2 is 1.91 bits per heavy atom. The SMILES string of the molecule is [2H]c1c([2H])c([2H])c2c(c1[2H])c1c3c(O)[nH]cc3c3c4ccccc4n4c3c1n2[C@H]1C[C@](O)(CO)[C@]4(C)O1. The quantitative estimate of drug-likeness (QED) is 0.303. The predicted molar refractivity (Wildman–Crippen MR) is 126 cm³/mol. The lowest BCUT2D eigenvalue weighted by Crippen LogP contribution is -2.52.